The van der Waals surface area contributed by atoms with Gasteiger partial charge in [-0.25, -0.2) is 0 Å². The Hall–Kier alpha value is -0.120. The van der Waals surface area contributed by atoms with Crippen LogP contribution in [0.5, 0.6) is 0 Å². The highest BCUT2D eigenvalue weighted by atomic mass is 16.6. The smallest absolute Gasteiger partial charge is 0.104 e. The molecule has 2 heterocycles. The Bertz CT molecular complexity index is 271. The molecular weight excluding hydrogens is 240 g/mol. The van der Waals surface area contributed by atoms with Gasteiger partial charge >= 0.3 is 0 Å². The monoisotopic (exact) mass is 270 g/mol. The molecule has 0 amide bonds. The van der Waals surface area contributed by atoms with E-state index in [1.165, 1.54) is 25.7 Å². The second-order valence-electron chi connectivity index (χ2n) is 6.57. The van der Waals surface area contributed by atoms with Gasteiger partial charge in [0.05, 0.1) is 18.8 Å². The SMILES string of the molecule is CCC1(CC)CCOC(C)(CCCOCC2CO2)C1. The van der Waals surface area contributed by atoms with Gasteiger partial charge in [-0.1, -0.05) is 26.7 Å². The normalized spacial score (nSPS) is 33.3. The van der Waals surface area contributed by atoms with Crippen molar-refractivity contribution in [3.8, 4) is 0 Å². The molecule has 0 aromatic heterocycles. The van der Waals surface area contributed by atoms with Crippen LogP contribution in [0.3, 0.4) is 0 Å². The lowest BCUT2D eigenvalue weighted by atomic mass is 9.69. The van der Waals surface area contributed by atoms with Crippen LogP contribution >= 0.6 is 0 Å². The lowest BCUT2D eigenvalue weighted by molar-refractivity contribution is -0.124. The molecular formula is C16H30O3. The molecule has 19 heavy (non-hydrogen) atoms. The first-order valence-corrected chi connectivity index (χ1v) is 7.95. The second-order valence-corrected chi connectivity index (χ2v) is 6.57. The zero-order valence-electron chi connectivity index (χ0n) is 12.9. The number of rotatable bonds is 8. The van der Waals surface area contributed by atoms with Crippen LogP contribution in [0.1, 0.15) is 59.3 Å². The fourth-order valence-electron chi connectivity index (χ4n) is 3.39. The van der Waals surface area contributed by atoms with Gasteiger partial charge in [-0.3, -0.25) is 0 Å². The molecule has 112 valence electrons. The summed E-state index contributed by atoms with van der Waals surface area (Å²) < 4.78 is 16.8. The van der Waals surface area contributed by atoms with Crippen LogP contribution in [0.25, 0.3) is 0 Å². The van der Waals surface area contributed by atoms with E-state index in [0.29, 0.717) is 11.5 Å². The van der Waals surface area contributed by atoms with Gasteiger partial charge in [-0.2, -0.15) is 0 Å². The molecule has 2 saturated heterocycles. The molecule has 2 fully saturated rings. The Labute approximate surface area is 118 Å². The average Bonchev–Trinajstić information content (AvgIpc) is 3.22. The number of epoxide rings is 1. The fraction of sp³-hybridized carbons (Fsp3) is 1.00. The second kappa shape index (κ2) is 6.55. The van der Waals surface area contributed by atoms with E-state index >= 15 is 0 Å². The van der Waals surface area contributed by atoms with Crippen LogP contribution in [0.4, 0.5) is 0 Å². The van der Waals surface area contributed by atoms with Crippen molar-refractivity contribution in [2.24, 2.45) is 5.41 Å². The van der Waals surface area contributed by atoms with Crippen LogP contribution in [-0.2, 0) is 14.2 Å². The Morgan fingerprint density at radius 2 is 2.00 bits per heavy atom. The minimum Gasteiger partial charge on any atom is -0.379 e. The highest BCUT2D eigenvalue weighted by Crippen LogP contribution is 2.45. The summed E-state index contributed by atoms with van der Waals surface area (Å²) in [5.41, 5.74) is 0.569. The van der Waals surface area contributed by atoms with E-state index in [2.05, 4.69) is 20.8 Å². The van der Waals surface area contributed by atoms with Crippen molar-refractivity contribution in [2.45, 2.75) is 71.0 Å². The van der Waals surface area contributed by atoms with Crippen molar-refractivity contribution in [1.82, 2.24) is 0 Å². The van der Waals surface area contributed by atoms with Crippen LogP contribution in [-0.4, -0.2) is 38.1 Å². The van der Waals surface area contributed by atoms with Gasteiger partial charge in [0, 0.05) is 13.2 Å². The first-order valence-electron chi connectivity index (χ1n) is 7.95. The van der Waals surface area contributed by atoms with E-state index in [-0.39, 0.29) is 5.60 Å². The van der Waals surface area contributed by atoms with Crippen LogP contribution in [0, 0.1) is 5.41 Å². The lowest BCUT2D eigenvalue weighted by Gasteiger charge is -2.46. The number of hydrogen-bond acceptors (Lipinski definition) is 3. The maximum Gasteiger partial charge on any atom is 0.104 e. The average molecular weight is 270 g/mol. The lowest BCUT2D eigenvalue weighted by Crippen LogP contribution is -2.43. The highest BCUT2D eigenvalue weighted by Gasteiger charge is 2.40. The molecule has 0 bridgehead atoms. The van der Waals surface area contributed by atoms with Crippen molar-refractivity contribution in [3.05, 3.63) is 0 Å². The molecule has 0 N–H and O–H groups in total. The predicted octanol–water partition coefficient (Wildman–Crippen LogP) is 3.56. The third kappa shape index (κ3) is 4.44. The van der Waals surface area contributed by atoms with Crippen molar-refractivity contribution >= 4 is 0 Å². The van der Waals surface area contributed by atoms with Gasteiger partial charge in [0.25, 0.3) is 0 Å². The molecule has 0 radical (unpaired) electrons. The summed E-state index contributed by atoms with van der Waals surface area (Å²) in [5, 5.41) is 0. The molecule has 0 aromatic carbocycles. The Morgan fingerprint density at radius 3 is 2.63 bits per heavy atom. The molecule has 3 nitrogen and oxygen atoms in total. The van der Waals surface area contributed by atoms with Gasteiger partial charge in [0.2, 0.25) is 0 Å². The van der Waals surface area contributed by atoms with E-state index in [4.69, 9.17) is 14.2 Å². The summed E-state index contributed by atoms with van der Waals surface area (Å²) in [7, 11) is 0. The maximum atomic E-state index is 6.08. The van der Waals surface area contributed by atoms with Crippen molar-refractivity contribution < 1.29 is 14.2 Å². The molecule has 2 rings (SSSR count). The van der Waals surface area contributed by atoms with Crippen molar-refractivity contribution in [3.63, 3.8) is 0 Å². The standard InChI is InChI=1S/C16H30O3/c1-4-16(5-2)8-10-19-15(3,13-16)7-6-9-17-11-14-12-18-14/h14H,4-13H2,1-3H3. The first kappa shape index (κ1) is 15.3. The molecule has 2 aliphatic rings. The predicted molar refractivity (Wildman–Crippen MR) is 76.4 cm³/mol. The first-order chi connectivity index (χ1) is 9.11. The van der Waals surface area contributed by atoms with Gasteiger partial charge in [0.1, 0.15) is 6.10 Å². The van der Waals surface area contributed by atoms with E-state index in [9.17, 15) is 0 Å². The van der Waals surface area contributed by atoms with Gasteiger partial charge in [-0.15, -0.1) is 0 Å². The highest BCUT2D eigenvalue weighted by molar-refractivity contribution is 4.91. The minimum absolute atomic E-state index is 0.0592. The summed E-state index contributed by atoms with van der Waals surface area (Å²) in [6, 6.07) is 0. The largest absolute Gasteiger partial charge is 0.379 e. The van der Waals surface area contributed by atoms with Gasteiger partial charge in [0.15, 0.2) is 0 Å². The van der Waals surface area contributed by atoms with Gasteiger partial charge < -0.3 is 14.2 Å². The molecule has 3 heteroatoms. The topological polar surface area (TPSA) is 31.0 Å². The fourth-order valence-corrected chi connectivity index (χ4v) is 3.39. The van der Waals surface area contributed by atoms with E-state index in [0.717, 1.165) is 39.3 Å². The van der Waals surface area contributed by atoms with E-state index in [1.54, 1.807) is 0 Å². The maximum absolute atomic E-state index is 6.08. The summed E-state index contributed by atoms with van der Waals surface area (Å²) in [5.74, 6) is 0. The number of ether oxygens (including phenoxy) is 3. The molecule has 0 aliphatic carbocycles. The zero-order chi connectivity index (χ0) is 13.8. The summed E-state index contributed by atoms with van der Waals surface area (Å²) in [4.78, 5) is 0. The zero-order valence-corrected chi connectivity index (χ0v) is 12.9. The van der Waals surface area contributed by atoms with E-state index < -0.39 is 0 Å². The van der Waals surface area contributed by atoms with Crippen molar-refractivity contribution in [2.75, 3.05) is 26.4 Å². The summed E-state index contributed by atoms with van der Waals surface area (Å²) >= 11 is 0. The van der Waals surface area contributed by atoms with Gasteiger partial charge in [-0.05, 0) is 38.0 Å². The van der Waals surface area contributed by atoms with E-state index in [1.807, 2.05) is 0 Å². The molecule has 0 aromatic rings. The van der Waals surface area contributed by atoms with Crippen LogP contribution in [0.2, 0.25) is 0 Å². The molecule has 2 unspecified atom stereocenters. The van der Waals surface area contributed by atoms with Crippen LogP contribution < -0.4 is 0 Å². The Balaban J connectivity index is 1.70. The summed E-state index contributed by atoms with van der Waals surface area (Å²) in [6.07, 6.45) is 7.57. The molecule has 2 aliphatic heterocycles. The molecule has 2 atom stereocenters. The molecule has 0 spiro atoms. The third-order valence-corrected chi connectivity index (χ3v) is 5.03. The Kier molecular flexibility index (Phi) is 5.27. The summed E-state index contributed by atoms with van der Waals surface area (Å²) in [6.45, 7) is 10.4. The van der Waals surface area contributed by atoms with Crippen LogP contribution in [0.15, 0.2) is 0 Å². The third-order valence-electron chi connectivity index (χ3n) is 5.03. The quantitative estimate of drug-likeness (QED) is 0.499. The minimum atomic E-state index is 0.0592. The number of hydrogen-bond donors (Lipinski definition) is 0. The van der Waals surface area contributed by atoms with Crippen molar-refractivity contribution in [1.29, 1.82) is 0 Å². The molecule has 0 saturated carbocycles. The Morgan fingerprint density at radius 1 is 1.26 bits per heavy atom.